The fraction of sp³-hybridized carbons (Fsp3) is 0.360. The smallest absolute Gasteiger partial charge is 0.416 e. The molecule has 0 bridgehead atoms. The van der Waals surface area contributed by atoms with E-state index in [-0.39, 0.29) is 50.1 Å². The van der Waals surface area contributed by atoms with Crippen LogP contribution in [0.25, 0.3) is 10.9 Å². The van der Waals surface area contributed by atoms with Crippen LogP contribution < -0.4 is 0 Å². The van der Waals surface area contributed by atoms with Crippen LogP contribution in [-0.4, -0.2) is 50.4 Å². The number of halogens is 5. The summed E-state index contributed by atoms with van der Waals surface area (Å²) in [6.07, 6.45) is -0.934. The number of benzene rings is 1. The van der Waals surface area contributed by atoms with Crippen LogP contribution >= 0.6 is 23.2 Å². The minimum atomic E-state index is -4.55. The first-order valence-corrected chi connectivity index (χ1v) is 12.1. The highest BCUT2D eigenvalue weighted by Crippen LogP contribution is 2.36. The Bertz CT molecular complexity index is 1430. The monoisotopic (exact) mass is 555 g/mol. The number of likely N-dealkylation sites (tertiary alicyclic amines) is 1. The van der Waals surface area contributed by atoms with Crippen molar-refractivity contribution in [3.05, 3.63) is 62.5 Å². The lowest BCUT2D eigenvalue weighted by Crippen LogP contribution is -2.39. The molecule has 0 radical (unpaired) electrons. The molecule has 1 fully saturated rings. The van der Waals surface area contributed by atoms with E-state index in [4.69, 9.17) is 28.3 Å². The lowest BCUT2D eigenvalue weighted by atomic mass is 9.93. The van der Waals surface area contributed by atoms with E-state index in [1.165, 1.54) is 28.8 Å². The molecule has 1 N–H and O–H groups in total. The van der Waals surface area contributed by atoms with Crippen LogP contribution in [0.1, 0.15) is 56.7 Å². The van der Waals surface area contributed by atoms with Gasteiger partial charge >= 0.3 is 12.1 Å². The zero-order chi connectivity index (χ0) is 27.2. The molecule has 12 heteroatoms. The summed E-state index contributed by atoms with van der Waals surface area (Å²) in [7, 11) is 0. The maximum atomic E-state index is 13.6. The molecule has 1 aliphatic heterocycles. The highest BCUT2D eigenvalue weighted by atomic mass is 35.5. The molecule has 2 aromatic heterocycles. The van der Waals surface area contributed by atoms with Crippen molar-refractivity contribution in [2.45, 2.75) is 39.3 Å². The molecule has 3 heterocycles. The molecule has 0 aliphatic carbocycles. The van der Waals surface area contributed by atoms with E-state index in [9.17, 15) is 27.6 Å². The number of aliphatic carboxylic acids is 1. The van der Waals surface area contributed by atoms with Gasteiger partial charge in [0.05, 0.1) is 27.2 Å². The normalized spacial score (nSPS) is 14.8. The highest BCUT2D eigenvalue weighted by molar-refractivity contribution is 6.41. The Morgan fingerprint density at radius 3 is 2.32 bits per heavy atom. The van der Waals surface area contributed by atoms with Gasteiger partial charge in [0.2, 0.25) is 0 Å². The van der Waals surface area contributed by atoms with Crippen molar-refractivity contribution in [2.24, 2.45) is 5.92 Å². The molecule has 196 valence electrons. The van der Waals surface area contributed by atoms with Crippen LogP contribution in [0.5, 0.6) is 0 Å². The molecule has 1 aliphatic rings. The lowest BCUT2D eigenvalue weighted by Gasteiger charge is -2.31. The topological polar surface area (TPSA) is 92.5 Å². The van der Waals surface area contributed by atoms with Crippen molar-refractivity contribution in [3.8, 4) is 0 Å². The Labute approximate surface area is 219 Å². The molecule has 37 heavy (non-hydrogen) atoms. The third-order valence-corrected chi connectivity index (χ3v) is 7.29. The second kappa shape index (κ2) is 9.98. The minimum absolute atomic E-state index is 0.0259. The number of hydrogen-bond donors (Lipinski definition) is 1. The number of carboxylic acids is 1. The van der Waals surface area contributed by atoms with E-state index in [1.807, 2.05) is 0 Å². The first-order chi connectivity index (χ1) is 17.3. The SMILES string of the molecule is Cc1cn(C(=O)c2c(Cl)ncc(C(=O)N3CCC(CC(=O)O)CC3)c2Cl)c2c(C)cc(C(F)(F)F)cc12. The molecular weight excluding hydrogens is 534 g/mol. The van der Waals surface area contributed by atoms with Gasteiger partial charge in [-0.2, -0.15) is 13.2 Å². The molecule has 0 unspecified atom stereocenters. The van der Waals surface area contributed by atoms with Gasteiger partial charge in [0.15, 0.2) is 0 Å². The Balaban J connectivity index is 1.70. The van der Waals surface area contributed by atoms with Crippen molar-refractivity contribution in [2.75, 3.05) is 13.1 Å². The van der Waals surface area contributed by atoms with Gasteiger partial charge in [0, 0.05) is 37.3 Å². The van der Waals surface area contributed by atoms with Crippen molar-refractivity contribution in [1.29, 1.82) is 0 Å². The van der Waals surface area contributed by atoms with Crippen LogP contribution in [0.3, 0.4) is 0 Å². The summed E-state index contributed by atoms with van der Waals surface area (Å²) in [5.41, 5.74) is -0.193. The maximum Gasteiger partial charge on any atom is 0.416 e. The Hall–Kier alpha value is -3.11. The first-order valence-electron chi connectivity index (χ1n) is 11.4. The van der Waals surface area contributed by atoms with Gasteiger partial charge in [-0.25, -0.2) is 4.98 Å². The number of amides is 1. The van der Waals surface area contributed by atoms with Crippen molar-refractivity contribution >= 4 is 51.9 Å². The summed E-state index contributed by atoms with van der Waals surface area (Å²) in [6.45, 7) is 3.69. The second-order valence-corrected chi connectivity index (χ2v) is 9.90. The number of pyridine rings is 1. The molecule has 0 spiro atoms. The number of carbonyl (C=O) groups is 3. The van der Waals surface area contributed by atoms with E-state index < -0.39 is 29.5 Å². The lowest BCUT2D eigenvalue weighted by molar-refractivity contribution is -0.139. The Kier molecular flexibility index (Phi) is 7.27. The fourth-order valence-electron chi connectivity index (χ4n) is 4.73. The molecule has 7 nitrogen and oxygen atoms in total. The average molecular weight is 556 g/mol. The van der Waals surface area contributed by atoms with Gasteiger partial charge in [0.1, 0.15) is 5.15 Å². The third-order valence-electron chi connectivity index (χ3n) is 6.61. The quantitative estimate of drug-likeness (QED) is 0.399. The van der Waals surface area contributed by atoms with Crippen LogP contribution in [-0.2, 0) is 11.0 Å². The Morgan fingerprint density at radius 2 is 1.73 bits per heavy atom. The Morgan fingerprint density at radius 1 is 1.08 bits per heavy atom. The van der Waals surface area contributed by atoms with Gasteiger partial charge in [-0.1, -0.05) is 23.2 Å². The van der Waals surface area contributed by atoms with Crippen molar-refractivity contribution in [1.82, 2.24) is 14.5 Å². The predicted octanol–water partition coefficient (Wildman–Crippen LogP) is 5.99. The van der Waals surface area contributed by atoms with Gasteiger partial charge in [-0.3, -0.25) is 19.0 Å². The summed E-state index contributed by atoms with van der Waals surface area (Å²) in [4.78, 5) is 43.3. The molecule has 4 rings (SSSR count). The number of carbonyl (C=O) groups excluding carboxylic acids is 2. The fourth-order valence-corrected chi connectivity index (χ4v) is 5.30. The van der Waals surface area contributed by atoms with E-state index in [1.54, 1.807) is 6.92 Å². The number of fused-ring (bicyclic) bond motifs is 1. The van der Waals surface area contributed by atoms with Crippen LogP contribution in [0.15, 0.2) is 24.5 Å². The van der Waals surface area contributed by atoms with Crippen molar-refractivity contribution < 1.29 is 32.7 Å². The van der Waals surface area contributed by atoms with E-state index in [0.717, 1.165) is 12.1 Å². The van der Waals surface area contributed by atoms with Gasteiger partial charge in [-0.05, 0) is 55.9 Å². The predicted molar refractivity (Wildman–Crippen MR) is 131 cm³/mol. The summed E-state index contributed by atoms with van der Waals surface area (Å²) in [5, 5.41) is 8.77. The summed E-state index contributed by atoms with van der Waals surface area (Å²) in [6, 6.07) is 1.94. The summed E-state index contributed by atoms with van der Waals surface area (Å²) in [5.74, 6) is -2.14. The minimum Gasteiger partial charge on any atom is -0.481 e. The molecule has 3 aromatic rings. The molecule has 1 amide bonds. The molecular formula is C25H22Cl2F3N3O4. The van der Waals surface area contributed by atoms with Crippen molar-refractivity contribution in [3.63, 3.8) is 0 Å². The van der Waals surface area contributed by atoms with E-state index >= 15 is 0 Å². The van der Waals surface area contributed by atoms with Crippen LogP contribution in [0, 0.1) is 19.8 Å². The number of aryl methyl sites for hydroxylation is 2. The first kappa shape index (κ1) is 26.9. The van der Waals surface area contributed by atoms with Gasteiger partial charge in [-0.15, -0.1) is 0 Å². The number of carboxylic acid groups (broad SMARTS) is 1. The van der Waals surface area contributed by atoms with Crippen LogP contribution in [0.2, 0.25) is 10.2 Å². The number of alkyl halides is 3. The number of nitrogens with zero attached hydrogens (tertiary/aromatic N) is 3. The average Bonchev–Trinajstić information content (AvgIpc) is 3.15. The second-order valence-electron chi connectivity index (χ2n) is 9.16. The molecule has 0 saturated carbocycles. The van der Waals surface area contributed by atoms with Crippen LogP contribution in [0.4, 0.5) is 13.2 Å². The molecule has 1 aromatic carbocycles. The zero-order valence-electron chi connectivity index (χ0n) is 19.8. The number of piperidine rings is 1. The number of rotatable bonds is 4. The third kappa shape index (κ3) is 5.17. The number of aromatic nitrogens is 2. The van der Waals surface area contributed by atoms with Gasteiger partial charge < -0.3 is 10.0 Å². The highest BCUT2D eigenvalue weighted by Gasteiger charge is 2.33. The number of hydrogen-bond acceptors (Lipinski definition) is 4. The van der Waals surface area contributed by atoms with E-state index in [2.05, 4.69) is 4.98 Å². The maximum absolute atomic E-state index is 13.6. The van der Waals surface area contributed by atoms with E-state index in [0.29, 0.717) is 31.5 Å². The largest absolute Gasteiger partial charge is 0.481 e. The molecule has 0 atom stereocenters. The molecule has 1 saturated heterocycles. The summed E-state index contributed by atoms with van der Waals surface area (Å²) < 4.78 is 41.2. The standard InChI is InChI=1S/C25H22Cl2F3N3O4/c1-12-7-15(25(28,29)30)9-16-13(2)11-33(21(12)16)24(37)19-20(26)17(10-31-22(19)27)23(36)32-5-3-14(4-6-32)8-18(34)35/h7,9-11,14H,3-6,8H2,1-2H3,(H,34,35). The van der Waals surface area contributed by atoms with Gasteiger partial charge in [0.25, 0.3) is 11.8 Å². The summed E-state index contributed by atoms with van der Waals surface area (Å²) >= 11 is 12.7. The zero-order valence-corrected chi connectivity index (χ0v) is 21.3.